The fourth-order valence-corrected chi connectivity index (χ4v) is 1.97. The van der Waals surface area contributed by atoms with Crippen molar-refractivity contribution in [2.45, 2.75) is 19.6 Å². The Labute approximate surface area is 98.9 Å². The molecule has 0 saturated carbocycles. The van der Waals surface area contributed by atoms with Crippen LogP contribution in [0.4, 0.5) is 5.13 Å². The Balaban J connectivity index is 1.91. The van der Waals surface area contributed by atoms with Crippen molar-refractivity contribution in [2.75, 3.05) is 5.73 Å². The van der Waals surface area contributed by atoms with E-state index in [4.69, 9.17) is 10.5 Å². The Bertz CT molecular complexity index is 441. The summed E-state index contributed by atoms with van der Waals surface area (Å²) in [6, 6.07) is 10.1. The fraction of sp³-hybridized carbons (Fsp3) is 0.250. The Kier molecular flexibility index (Phi) is 3.54. The van der Waals surface area contributed by atoms with Crippen molar-refractivity contribution in [1.29, 1.82) is 0 Å². The van der Waals surface area contributed by atoms with Crippen LogP contribution in [-0.4, -0.2) is 4.98 Å². The molecule has 0 bridgehead atoms. The third-order valence-corrected chi connectivity index (χ3v) is 3.04. The molecule has 2 rings (SSSR count). The molecule has 3 nitrogen and oxygen atoms in total. The highest BCUT2D eigenvalue weighted by Crippen LogP contribution is 2.19. The van der Waals surface area contributed by atoms with E-state index in [1.54, 1.807) is 0 Å². The normalized spacial score (nSPS) is 12.6. The van der Waals surface area contributed by atoms with Gasteiger partial charge in [-0.3, -0.25) is 0 Å². The van der Waals surface area contributed by atoms with Gasteiger partial charge in [-0.05, 0) is 12.5 Å². The molecule has 0 aliphatic heterocycles. The maximum absolute atomic E-state index is 5.72. The molecule has 0 aliphatic rings. The Hall–Kier alpha value is -1.39. The maximum atomic E-state index is 5.72. The predicted octanol–water partition coefficient (Wildman–Crippen LogP) is 3.00. The first-order valence-electron chi connectivity index (χ1n) is 5.12. The highest BCUT2D eigenvalue weighted by molar-refractivity contribution is 7.13. The van der Waals surface area contributed by atoms with Gasteiger partial charge < -0.3 is 10.5 Å². The van der Waals surface area contributed by atoms with E-state index in [2.05, 4.69) is 17.1 Å². The lowest BCUT2D eigenvalue weighted by Gasteiger charge is -2.12. The van der Waals surface area contributed by atoms with Gasteiger partial charge in [-0.1, -0.05) is 30.3 Å². The van der Waals surface area contributed by atoms with Crippen LogP contribution in [0.1, 0.15) is 24.3 Å². The molecule has 16 heavy (non-hydrogen) atoms. The van der Waals surface area contributed by atoms with E-state index < -0.39 is 0 Å². The lowest BCUT2D eigenvalue weighted by Crippen LogP contribution is -2.00. The summed E-state index contributed by atoms with van der Waals surface area (Å²) >= 11 is 1.44. The summed E-state index contributed by atoms with van der Waals surface area (Å²) in [5.41, 5.74) is 7.61. The van der Waals surface area contributed by atoms with E-state index in [1.165, 1.54) is 16.9 Å². The average molecular weight is 234 g/mol. The third-order valence-electron chi connectivity index (χ3n) is 2.32. The molecule has 0 radical (unpaired) electrons. The second kappa shape index (κ2) is 5.09. The number of benzene rings is 1. The number of anilines is 1. The summed E-state index contributed by atoms with van der Waals surface area (Å²) in [4.78, 5) is 4.15. The first kappa shape index (κ1) is 11.1. The van der Waals surface area contributed by atoms with Crippen LogP contribution in [0.3, 0.4) is 0 Å². The minimum Gasteiger partial charge on any atom is -0.375 e. The van der Waals surface area contributed by atoms with Crippen molar-refractivity contribution in [1.82, 2.24) is 4.98 Å². The lowest BCUT2D eigenvalue weighted by atomic mass is 10.1. The van der Waals surface area contributed by atoms with Crippen molar-refractivity contribution in [3.05, 3.63) is 47.0 Å². The smallest absolute Gasteiger partial charge is 0.180 e. The molecule has 4 heteroatoms. The molecule has 0 spiro atoms. The summed E-state index contributed by atoms with van der Waals surface area (Å²) in [5, 5.41) is 2.51. The molecule has 1 atom stereocenters. The highest BCUT2D eigenvalue weighted by Gasteiger charge is 2.06. The molecule has 0 amide bonds. The number of ether oxygens (including phenoxy) is 1. The summed E-state index contributed by atoms with van der Waals surface area (Å²) in [6.07, 6.45) is 0.0733. The number of rotatable bonds is 4. The van der Waals surface area contributed by atoms with Gasteiger partial charge in [0.15, 0.2) is 5.13 Å². The summed E-state index contributed by atoms with van der Waals surface area (Å²) < 4.78 is 5.72. The minimum absolute atomic E-state index is 0.0733. The summed E-state index contributed by atoms with van der Waals surface area (Å²) in [6.45, 7) is 2.54. The standard InChI is InChI=1S/C12H14N2OS/c1-9(10-5-3-2-4-6-10)15-7-11-8-16-12(13)14-11/h2-6,8-9H,7H2,1H3,(H2,13,14). The van der Waals surface area contributed by atoms with E-state index in [0.717, 1.165) is 5.69 Å². The zero-order valence-corrected chi connectivity index (χ0v) is 9.91. The number of nitrogen functional groups attached to an aromatic ring is 1. The quantitative estimate of drug-likeness (QED) is 0.884. The molecule has 0 saturated heterocycles. The first-order chi connectivity index (χ1) is 7.75. The number of nitrogens with zero attached hydrogens (tertiary/aromatic N) is 1. The van der Waals surface area contributed by atoms with Crippen LogP contribution in [0, 0.1) is 0 Å². The van der Waals surface area contributed by atoms with E-state index in [1.807, 2.05) is 30.5 Å². The largest absolute Gasteiger partial charge is 0.375 e. The highest BCUT2D eigenvalue weighted by atomic mass is 32.1. The van der Waals surface area contributed by atoms with Gasteiger partial charge in [-0.2, -0.15) is 0 Å². The van der Waals surface area contributed by atoms with Crippen molar-refractivity contribution in [3.63, 3.8) is 0 Å². The molecule has 0 fully saturated rings. The SMILES string of the molecule is CC(OCc1csc(N)n1)c1ccccc1. The van der Waals surface area contributed by atoms with Crippen molar-refractivity contribution >= 4 is 16.5 Å². The van der Waals surface area contributed by atoms with Crippen molar-refractivity contribution in [3.8, 4) is 0 Å². The van der Waals surface area contributed by atoms with Crippen LogP contribution in [0.15, 0.2) is 35.7 Å². The zero-order chi connectivity index (χ0) is 11.4. The van der Waals surface area contributed by atoms with E-state index in [0.29, 0.717) is 11.7 Å². The van der Waals surface area contributed by atoms with Gasteiger partial charge in [-0.25, -0.2) is 4.98 Å². The van der Waals surface area contributed by atoms with Gasteiger partial charge in [-0.15, -0.1) is 11.3 Å². The lowest BCUT2D eigenvalue weighted by molar-refractivity contribution is 0.0509. The Morgan fingerprint density at radius 3 is 2.75 bits per heavy atom. The second-order valence-corrected chi connectivity index (χ2v) is 4.43. The molecule has 2 N–H and O–H groups in total. The molecular formula is C12H14N2OS. The monoisotopic (exact) mass is 234 g/mol. The topological polar surface area (TPSA) is 48.1 Å². The number of aromatic nitrogens is 1. The second-order valence-electron chi connectivity index (χ2n) is 3.54. The van der Waals surface area contributed by atoms with Gasteiger partial charge in [0.1, 0.15) is 0 Å². The maximum Gasteiger partial charge on any atom is 0.180 e. The van der Waals surface area contributed by atoms with E-state index in [-0.39, 0.29) is 6.10 Å². The van der Waals surface area contributed by atoms with Crippen LogP contribution in [-0.2, 0) is 11.3 Å². The van der Waals surface area contributed by atoms with Gasteiger partial charge in [0.05, 0.1) is 18.4 Å². The number of thiazole rings is 1. The van der Waals surface area contributed by atoms with Crippen LogP contribution in [0.5, 0.6) is 0 Å². The van der Waals surface area contributed by atoms with Gasteiger partial charge >= 0.3 is 0 Å². The van der Waals surface area contributed by atoms with Gasteiger partial charge in [0.2, 0.25) is 0 Å². The molecule has 1 unspecified atom stereocenters. The Morgan fingerprint density at radius 2 is 2.12 bits per heavy atom. The van der Waals surface area contributed by atoms with Crippen LogP contribution in [0.2, 0.25) is 0 Å². The van der Waals surface area contributed by atoms with Gasteiger partial charge in [0, 0.05) is 5.38 Å². The molecule has 1 heterocycles. The van der Waals surface area contributed by atoms with E-state index >= 15 is 0 Å². The first-order valence-corrected chi connectivity index (χ1v) is 6.00. The molecule has 2 aromatic rings. The summed E-state index contributed by atoms with van der Waals surface area (Å²) in [5.74, 6) is 0. The summed E-state index contributed by atoms with van der Waals surface area (Å²) in [7, 11) is 0. The average Bonchev–Trinajstić information content (AvgIpc) is 2.73. The predicted molar refractivity (Wildman–Crippen MR) is 66.2 cm³/mol. The van der Waals surface area contributed by atoms with Crippen molar-refractivity contribution < 1.29 is 4.74 Å². The number of hydrogen-bond donors (Lipinski definition) is 1. The van der Waals surface area contributed by atoms with E-state index in [9.17, 15) is 0 Å². The fourth-order valence-electron chi connectivity index (χ4n) is 1.42. The molecule has 84 valence electrons. The molecule has 0 aliphatic carbocycles. The third kappa shape index (κ3) is 2.81. The van der Waals surface area contributed by atoms with Gasteiger partial charge in [0.25, 0.3) is 0 Å². The number of hydrogen-bond acceptors (Lipinski definition) is 4. The molecule has 1 aromatic carbocycles. The van der Waals surface area contributed by atoms with Crippen molar-refractivity contribution in [2.24, 2.45) is 0 Å². The molecule has 1 aromatic heterocycles. The zero-order valence-electron chi connectivity index (χ0n) is 9.09. The Morgan fingerprint density at radius 1 is 1.38 bits per heavy atom. The number of nitrogens with two attached hydrogens (primary N) is 1. The van der Waals surface area contributed by atoms with Crippen LogP contribution < -0.4 is 5.73 Å². The minimum atomic E-state index is 0.0733. The van der Waals surface area contributed by atoms with Crippen LogP contribution >= 0.6 is 11.3 Å². The molecular weight excluding hydrogens is 220 g/mol. The van der Waals surface area contributed by atoms with Crippen LogP contribution in [0.25, 0.3) is 0 Å².